The summed E-state index contributed by atoms with van der Waals surface area (Å²) in [5.41, 5.74) is 1.54. The third-order valence-corrected chi connectivity index (χ3v) is 4.84. The van der Waals surface area contributed by atoms with E-state index in [1.54, 1.807) is 12.1 Å². The molecule has 1 heterocycles. The number of carbonyl (C=O) groups is 3. The first-order valence-electron chi connectivity index (χ1n) is 9.08. The van der Waals surface area contributed by atoms with Crippen molar-refractivity contribution in [3.8, 4) is 11.5 Å². The monoisotopic (exact) mass is 474 g/mol. The molecule has 3 rings (SSSR count). The third kappa shape index (κ3) is 4.98. The lowest BCUT2D eigenvalue weighted by Gasteiger charge is -2.14. The van der Waals surface area contributed by atoms with Crippen molar-refractivity contribution >= 4 is 39.9 Å². The van der Waals surface area contributed by atoms with Gasteiger partial charge in [-0.1, -0.05) is 46.3 Å². The zero-order valence-corrected chi connectivity index (χ0v) is 17.6. The van der Waals surface area contributed by atoms with Gasteiger partial charge in [-0.05, 0) is 36.3 Å². The Morgan fingerprint density at radius 1 is 1.17 bits per heavy atom. The highest BCUT2D eigenvalue weighted by Crippen LogP contribution is 2.35. The van der Waals surface area contributed by atoms with Gasteiger partial charge in [0.2, 0.25) is 0 Å². The maximum Gasteiger partial charge on any atom is 0.329 e. The third-order valence-electron chi connectivity index (χ3n) is 4.16. The Labute approximate surface area is 181 Å². The SMILES string of the molecule is CCOc1cc(/C=C2/NC(=O)N(CC(=O)O)C2=O)c(Br)cc1OCc1ccccc1. The highest BCUT2D eigenvalue weighted by molar-refractivity contribution is 9.10. The number of amides is 3. The van der Waals surface area contributed by atoms with E-state index >= 15 is 0 Å². The minimum absolute atomic E-state index is 0.0256. The molecule has 8 nitrogen and oxygen atoms in total. The van der Waals surface area contributed by atoms with Gasteiger partial charge in [-0.2, -0.15) is 0 Å². The quantitative estimate of drug-likeness (QED) is 0.448. The number of carbonyl (C=O) groups excluding carboxylic acids is 2. The number of hydrogen-bond donors (Lipinski definition) is 2. The number of rotatable bonds is 8. The average Bonchev–Trinajstić information content (AvgIpc) is 2.97. The van der Waals surface area contributed by atoms with Crippen LogP contribution in [0.1, 0.15) is 18.1 Å². The molecule has 0 saturated carbocycles. The summed E-state index contributed by atoms with van der Waals surface area (Å²) in [6, 6.07) is 12.3. The summed E-state index contributed by atoms with van der Waals surface area (Å²) in [6.45, 7) is 1.89. The molecule has 30 heavy (non-hydrogen) atoms. The number of halogens is 1. The van der Waals surface area contributed by atoms with Crippen LogP contribution in [0.2, 0.25) is 0 Å². The van der Waals surface area contributed by atoms with Crippen LogP contribution in [0.3, 0.4) is 0 Å². The number of carboxylic acids is 1. The van der Waals surface area contributed by atoms with Gasteiger partial charge in [-0.3, -0.25) is 9.59 Å². The molecule has 0 spiro atoms. The number of hydrogen-bond acceptors (Lipinski definition) is 5. The molecule has 0 aliphatic carbocycles. The predicted molar refractivity (Wildman–Crippen MR) is 112 cm³/mol. The molecule has 156 valence electrons. The highest BCUT2D eigenvalue weighted by atomic mass is 79.9. The van der Waals surface area contributed by atoms with Crippen LogP contribution in [0, 0.1) is 0 Å². The lowest BCUT2D eigenvalue weighted by atomic mass is 10.1. The van der Waals surface area contributed by atoms with Crippen LogP contribution >= 0.6 is 15.9 Å². The van der Waals surface area contributed by atoms with Crippen LogP contribution in [-0.2, 0) is 16.2 Å². The first-order valence-corrected chi connectivity index (χ1v) is 9.87. The molecular weight excluding hydrogens is 456 g/mol. The molecule has 9 heteroatoms. The summed E-state index contributed by atoms with van der Waals surface area (Å²) in [6.07, 6.45) is 1.45. The maximum absolute atomic E-state index is 12.3. The number of carboxylic acid groups (broad SMARTS) is 1. The maximum atomic E-state index is 12.3. The fourth-order valence-electron chi connectivity index (χ4n) is 2.78. The topological polar surface area (TPSA) is 105 Å². The lowest BCUT2D eigenvalue weighted by Crippen LogP contribution is -2.35. The average molecular weight is 475 g/mol. The summed E-state index contributed by atoms with van der Waals surface area (Å²) >= 11 is 3.44. The number of urea groups is 1. The van der Waals surface area contributed by atoms with Gasteiger partial charge in [0.1, 0.15) is 18.8 Å². The molecule has 1 aliphatic heterocycles. The first-order chi connectivity index (χ1) is 14.4. The van der Waals surface area contributed by atoms with Crippen molar-refractivity contribution in [1.29, 1.82) is 0 Å². The Morgan fingerprint density at radius 2 is 1.87 bits per heavy atom. The minimum Gasteiger partial charge on any atom is -0.490 e. The number of imide groups is 1. The molecule has 3 amide bonds. The van der Waals surface area contributed by atoms with Gasteiger partial charge in [0.25, 0.3) is 5.91 Å². The van der Waals surface area contributed by atoms with Crippen LogP contribution in [-0.4, -0.2) is 41.1 Å². The summed E-state index contributed by atoms with van der Waals surface area (Å²) in [5.74, 6) is -0.997. The van der Waals surface area contributed by atoms with Gasteiger partial charge in [0, 0.05) is 4.47 Å². The molecule has 0 atom stereocenters. The van der Waals surface area contributed by atoms with Crippen molar-refractivity contribution in [2.24, 2.45) is 0 Å². The van der Waals surface area contributed by atoms with E-state index in [0.29, 0.717) is 39.6 Å². The second-order valence-corrected chi connectivity index (χ2v) is 7.16. The van der Waals surface area contributed by atoms with Crippen molar-refractivity contribution in [2.75, 3.05) is 13.2 Å². The standard InChI is InChI=1S/C21H19BrN2O6/c1-2-29-17-9-14(8-16-20(27)24(11-19(25)26)21(28)23-16)15(22)10-18(17)30-12-13-6-4-3-5-7-13/h3-10H,2,11-12H2,1H3,(H,23,28)(H,25,26)/b16-8+. The number of benzene rings is 2. The van der Waals surface area contributed by atoms with Crippen LogP contribution in [0.4, 0.5) is 4.79 Å². The molecule has 2 aromatic rings. The van der Waals surface area contributed by atoms with Crippen LogP contribution < -0.4 is 14.8 Å². The van der Waals surface area contributed by atoms with Crippen LogP contribution in [0.5, 0.6) is 11.5 Å². The number of nitrogens with zero attached hydrogens (tertiary/aromatic N) is 1. The molecule has 1 fully saturated rings. The Hall–Kier alpha value is -3.33. The van der Waals surface area contributed by atoms with E-state index in [0.717, 1.165) is 5.56 Å². The van der Waals surface area contributed by atoms with Crippen molar-refractivity contribution in [3.63, 3.8) is 0 Å². The smallest absolute Gasteiger partial charge is 0.329 e. The Balaban J connectivity index is 1.86. The molecule has 0 unspecified atom stereocenters. The van der Waals surface area contributed by atoms with Crippen molar-refractivity contribution < 1.29 is 29.0 Å². The zero-order valence-electron chi connectivity index (χ0n) is 16.1. The number of nitrogens with one attached hydrogen (secondary N) is 1. The molecule has 1 saturated heterocycles. The van der Waals surface area contributed by atoms with Gasteiger partial charge in [-0.15, -0.1) is 0 Å². The largest absolute Gasteiger partial charge is 0.490 e. The zero-order chi connectivity index (χ0) is 21.7. The van der Waals surface area contributed by atoms with E-state index in [1.165, 1.54) is 6.08 Å². The van der Waals surface area contributed by atoms with E-state index in [4.69, 9.17) is 14.6 Å². The molecule has 0 aromatic heterocycles. The summed E-state index contributed by atoms with van der Waals surface area (Å²) in [5, 5.41) is 11.2. The molecule has 1 aliphatic rings. The van der Waals surface area contributed by atoms with Gasteiger partial charge in [-0.25, -0.2) is 9.69 Å². The lowest BCUT2D eigenvalue weighted by molar-refractivity contribution is -0.140. The first kappa shape index (κ1) is 21.4. The predicted octanol–water partition coefficient (Wildman–Crippen LogP) is 3.40. The van der Waals surface area contributed by atoms with E-state index in [1.807, 2.05) is 37.3 Å². The Bertz CT molecular complexity index is 1010. The fourth-order valence-corrected chi connectivity index (χ4v) is 3.22. The number of ether oxygens (including phenoxy) is 2. The van der Waals surface area contributed by atoms with E-state index in [2.05, 4.69) is 21.2 Å². The van der Waals surface area contributed by atoms with E-state index < -0.39 is 24.5 Å². The molecule has 0 bridgehead atoms. The van der Waals surface area contributed by atoms with Gasteiger partial charge >= 0.3 is 12.0 Å². The van der Waals surface area contributed by atoms with Crippen molar-refractivity contribution in [3.05, 3.63) is 63.8 Å². The number of aliphatic carboxylic acids is 1. The van der Waals surface area contributed by atoms with Gasteiger partial charge in [0.15, 0.2) is 11.5 Å². The minimum atomic E-state index is -1.28. The summed E-state index contributed by atoms with van der Waals surface area (Å²) in [4.78, 5) is 35.7. The van der Waals surface area contributed by atoms with E-state index in [-0.39, 0.29) is 5.70 Å². The second kappa shape index (κ2) is 9.45. The van der Waals surface area contributed by atoms with Gasteiger partial charge < -0.3 is 19.9 Å². The molecule has 0 radical (unpaired) electrons. The van der Waals surface area contributed by atoms with Gasteiger partial charge in [0.05, 0.1) is 6.61 Å². The molecule has 2 aromatic carbocycles. The van der Waals surface area contributed by atoms with Crippen LogP contribution in [0.15, 0.2) is 52.6 Å². The summed E-state index contributed by atoms with van der Waals surface area (Å²) in [7, 11) is 0. The Morgan fingerprint density at radius 3 is 2.53 bits per heavy atom. The fraction of sp³-hybridized carbons (Fsp3) is 0.190. The Kier molecular flexibility index (Phi) is 6.73. The van der Waals surface area contributed by atoms with Crippen molar-refractivity contribution in [2.45, 2.75) is 13.5 Å². The van der Waals surface area contributed by atoms with Crippen molar-refractivity contribution in [1.82, 2.24) is 10.2 Å². The van der Waals surface area contributed by atoms with E-state index in [9.17, 15) is 14.4 Å². The molecule has 2 N–H and O–H groups in total. The molecular formula is C21H19BrN2O6. The highest BCUT2D eigenvalue weighted by Gasteiger charge is 2.35. The second-order valence-electron chi connectivity index (χ2n) is 6.30. The van der Waals surface area contributed by atoms with Crippen LogP contribution in [0.25, 0.3) is 6.08 Å². The normalized spacial score (nSPS) is 14.7. The summed E-state index contributed by atoms with van der Waals surface area (Å²) < 4.78 is 12.2.